The van der Waals surface area contributed by atoms with Crippen LogP contribution in [-0.2, 0) is 15.9 Å². The molecule has 1 unspecified atom stereocenters. The van der Waals surface area contributed by atoms with E-state index < -0.39 is 5.82 Å². The Balaban J connectivity index is 1.36. The summed E-state index contributed by atoms with van der Waals surface area (Å²) in [5, 5.41) is 0.109. The third kappa shape index (κ3) is 3.66. The summed E-state index contributed by atoms with van der Waals surface area (Å²) in [5.74, 6) is 0.218. The lowest BCUT2D eigenvalue weighted by Crippen LogP contribution is -2.02. The molecule has 2 aliphatic rings. The van der Waals surface area contributed by atoms with Crippen molar-refractivity contribution in [3.8, 4) is 11.5 Å². The van der Waals surface area contributed by atoms with Crippen LogP contribution in [0.4, 0.5) is 10.1 Å². The van der Waals surface area contributed by atoms with E-state index in [4.69, 9.17) is 19.9 Å². The molecule has 2 N–H and O–H groups in total. The largest absolute Gasteiger partial charge is 0.453 e. The quantitative estimate of drug-likeness (QED) is 0.637. The first-order chi connectivity index (χ1) is 14.2. The molecule has 3 aromatic rings. The summed E-state index contributed by atoms with van der Waals surface area (Å²) in [6, 6.07) is 10.1. The van der Waals surface area contributed by atoms with Crippen LogP contribution < -0.4 is 10.5 Å². The summed E-state index contributed by atoms with van der Waals surface area (Å²) in [5.41, 5.74) is 8.74. The van der Waals surface area contributed by atoms with Gasteiger partial charge in [-0.15, -0.1) is 11.8 Å². The topological polar surface area (TPSA) is 79.5 Å². The second-order valence-corrected chi connectivity index (χ2v) is 7.99. The summed E-state index contributed by atoms with van der Waals surface area (Å²) < 4.78 is 31.0. The van der Waals surface area contributed by atoms with Crippen molar-refractivity contribution in [1.82, 2.24) is 9.97 Å². The first-order valence-corrected chi connectivity index (χ1v) is 10.1. The van der Waals surface area contributed by atoms with Gasteiger partial charge in [-0.1, -0.05) is 6.07 Å². The minimum atomic E-state index is -0.497. The second-order valence-electron chi connectivity index (χ2n) is 6.78. The van der Waals surface area contributed by atoms with Crippen LogP contribution in [0.2, 0.25) is 0 Å². The van der Waals surface area contributed by atoms with Gasteiger partial charge in [-0.2, -0.15) is 0 Å². The summed E-state index contributed by atoms with van der Waals surface area (Å²) in [6.07, 6.45) is 3.87. The minimum Gasteiger partial charge on any atom is -0.453 e. The van der Waals surface area contributed by atoms with Crippen LogP contribution in [0.1, 0.15) is 28.5 Å². The number of benzene rings is 1. The smallest absolute Gasteiger partial charge is 0.185 e. The number of ether oxygens (including phenoxy) is 3. The van der Waals surface area contributed by atoms with E-state index in [9.17, 15) is 4.39 Å². The van der Waals surface area contributed by atoms with Gasteiger partial charge in [-0.3, -0.25) is 9.97 Å². The Bertz CT molecular complexity index is 1040. The van der Waals surface area contributed by atoms with Crippen molar-refractivity contribution in [2.75, 3.05) is 18.9 Å². The highest BCUT2D eigenvalue weighted by atomic mass is 32.2. The molecule has 0 saturated carbocycles. The van der Waals surface area contributed by atoms with Gasteiger partial charge in [0.25, 0.3) is 0 Å². The van der Waals surface area contributed by atoms with E-state index in [2.05, 4.69) is 9.97 Å². The number of pyridine rings is 2. The van der Waals surface area contributed by atoms with Crippen LogP contribution in [0.15, 0.2) is 53.7 Å². The number of nitrogens with two attached hydrogens (primary N) is 1. The molecule has 0 spiro atoms. The molecular weight excluding hydrogens is 393 g/mol. The molecule has 1 aromatic carbocycles. The maximum absolute atomic E-state index is 14.1. The van der Waals surface area contributed by atoms with E-state index >= 15 is 0 Å². The summed E-state index contributed by atoms with van der Waals surface area (Å²) >= 11 is 1.62. The standard InChI is InChI=1S/C21H18FN3O3S/c22-14-9-13(23)2-4-17(14)28-18-5-6-24-16-10-19(29-20(16)18)15-3-1-12(11-25-15)21-26-7-8-27-21/h1-6,9,11,19,21H,7-8,10,23H2. The van der Waals surface area contributed by atoms with Gasteiger partial charge in [0, 0.05) is 42.2 Å². The van der Waals surface area contributed by atoms with Gasteiger partial charge in [0.05, 0.1) is 34.7 Å². The first kappa shape index (κ1) is 18.4. The average molecular weight is 411 g/mol. The van der Waals surface area contributed by atoms with E-state index in [1.54, 1.807) is 36.3 Å². The summed E-state index contributed by atoms with van der Waals surface area (Å²) in [6.45, 7) is 1.20. The van der Waals surface area contributed by atoms with Crippen molar-refractivity contribution in [3.63, 3.8) is 0 Å². The number of aromatic nitrogens is 2. The molecule has 1 fully saturated rings. The monoisotopic (exact) mass is 411 g/mol. The Kier molecular flexibility index (Phi) is 4.83. The maximum Gasteiger partial charge on any atom is 0.185 e. The predicted octanol–water partition coefficient (Wildman–Crippen LogP) is 4.43. The van der Waals surface area contributed by atoms with Gasteiger partial charge in [0.1, 0.15) is 5.75 Å². The highest BCUT2D eigenvalue weighted by Crippen LogP contribution is 2.50. The van der Waals surface area contributed by atoms with Gasteiger partial charge in [-0.05, 0) is 18.2 Å². The number of halogens is 1. The van der Waals surface area contributed by atoms with E-state index in [1.807, 2.05) is 12.1 Å². The van der Waals surface area contributed by atoms with Gasteiger partial charge in [0.15, 0.2) is 17.9 Å². The fourth-order valence-corrected chi connectivity index (χ4v) is 4.65. The van der Waals surface area contributed by atoms with Crippen molar-refractivity contribution < 1.29 is 18.6 Å². The minimum absolute atomic E-state index is 0.109. The van der Waals surface area contributed by atoms with Crippen molar-refractivity contribution in [2.45, 2.75) is 22.9 Å². The van der Waals surface area contributed by atoms with Gasteiger partial charge in [-0.25, -0.2) is 4.39 Å². The normalized spacial score (nSPS) is 18.7. The van der Waals surface area contributed by atoms with Gasteiger partial charge in [0.2, 0.25) is 0 Å². The lowest BCUT2D eigenvalue weighted by molar-refractivity contribution is -0.0443. The molecular formula is C21H18FN3O3S. The number of nitrogens with zero attached hydrogens (tertiary/aromatic N) is 2. The zero-order chi connectivity index (χ0) is 19.8. The van der Waals surface area contributed by atoms with E-state index in [-0.39, 0.29) is 17.3 Å². The Labute approximate surface area is 171 Å². The maximum atomic E-state index is 14.1. The molecule has 148 valence electrons. The number of rotatable bonds is 4. The van der Waals surface area contributed by atoms with Crippen LogP contribution in [0.3, 0.4) is 0 Å². The highest BCUT2D eigenvalue weighted by Gasteiger charge is 2.29. The molecule has 29 heavy (non-hydrogen) atoms. The Morgan fingerprint density at radius 2 is 1.93 bits per heavy atom. The predicted molar refractivity (Wildman–Crippen MR) is 106 cm³/mol. The summed E-state index contributed by atoms with van der Waals surface area (Å²) in [7, 11) is 0. The van der Waals surface area contributed by atoms with E-state index in [0.29, 0.717) is 24.7 Å². The number of nitrogen functional groups attached to an aromatic ring is 1. The Morgan fingerprint density at radius 1 is 1.07 bits per heavy atom. The Hall–Kier alpha value is -2.68. The van der Waals surface area contributed by atoms with Crippen molar-refractivity contribution >= 4 is 17.4 Å². The molecule has 1 saturated heterocycles. The lowest BCUT2D eigenvalue weighted by atomic mass is 10.1. The van der Waals surface area contributed by atoms with E-state index in [1.165, 1.54) is 12.1 Å². The lowest BCUT2D eigenvalue weighted by Gasteiger charge is -2.12. The second kappa shape index (κ2) is 7.62. The molecule has 0 bridgehead atoms. The molecule has 8 heteroatoms. The van der Waals surface area contributed by atoms with Gasteiger partial charge < -0.3 is 19.9 Å². The molecule has 0 radical (unpaired) electrons. The van der Waals surface area contributed by atoms with Crippen molar-refractivity contribution in [1.29, 1.82) is 0 Å². The van der Waals surface area contributed by atoms with Crippen LogP contribution in [-0.4, -0.2) is 23.2 Å². The average Bonchev–Trinajstić information content (AvgIpc) is 3.40. The molecule has 0 amide bonds. The van der Waals surface area contributed by atoms with Crippen LogP contribution >= 0.6 is 11.8 Å². The number of anilines is 1. The number of fused-ring (bicyclic) bond motifs is 1. The third-order valence-corrected chi connectivity index (χ3v) is 6.16. The molecule has 5 rings (SSSR count). The fourth-order valence-electron chi connectivity index (χ4n) is 3.36. The van der Waals surface area contributed by atoms with Gasteiger partial charge >= 0.3 is 0 Å². The van der Waals surface area contributed by atoms with Crippen molar-refractivity contribution in [2.24, 2.45) is 0 Å². The van der Waals surface area contributed by atoms with Crippen LogP contribution in [0, 0.1) is 5.82 Å². The zero-order valence-electron chi connectivity index (χ0n) is 15.4. The summed E-state index contributed by atoms with van der Waals surface area (Å²) in [4.78, 5) is 9.98. The molecule has 2 aliphatic heterocycles. The zero-order valence-corrected chi connectivity index (χ0v) is 16.2. The molecule has 4 heterocycles. The van der Waals surface area contributed by atoms with Crippen LogP contribution in [0.5, 0.6) is 11.5 Å². The van der Waals surface area contributed by atoms with Crippen molar-refractivity contribution in [3.05, 3.63) is 71.6 Å². The third-order valence-electron chi connectivity index (χ3n) is 4.79. The molecule has 6 nitrogen and oxygen atoms in total. The highest BCUT2D eigenvalue weighted by molar-refractivity contribution is 8.00. The number of hydrogen-bond donors (Lipinski definition) is 1. The molecule has 0 aliphatic carbocycles. The number of hydrogen-bond acceptors (Lipinski definition) is 7. The Morgan fingerprint density at radius 3 is 2.69 bits per heavy atom. The molecule has 1 atom stereocenters. The molecule has 2 aromatic heterocycles. The number of thioether (sulfide) groups is 1. The van der Waals surface area contributed by atoms with Crippen LogP contribution in [0.25, 0.3) is 0 Å². The fraction of sp³-hybridized carbons (Fsp3) is 0.238. The first-order valence-electron chi connectivity index (χ1n) is 9.24. The SMILES string of the molecule is Nc1ccc(Oc2ccnc3c2SC(c2ccc(C4OCCO4)cn2)C3)c(F)c1. The van der Waals surface area contributed by atoms with E-state index in [0.717, 1.165) is 28.3 Å².